The molecule has 2 aromatic carbocycles. The van der Waals surface area contributed by atoms with E-state index in [0.717, 1.165) is 0 Å². The summed E-state index contributed by atoms with van der Waals surface area (Å²) in [6.07, 6.45) is -4.38. The van der Waals surface area contributed by atoms with E-state index in [0.29, 0.717) is 31.7 Å². The molecule has 0 saturated carbocycles. The summed E-state index contributed by atoms with van der Waals surface area (Å²) in [7, 11) is 0. The van der Waals surface area contributed by atoms with Crippen molar-refractivity contribution in [2.45, 2.75) is 6.18 Å². The van der Waals surface area contributed by atoms with E-state index in [1.54, 1.807) is 48.5 Å². The second-order valence-electron chi connectivity index (χ2n) is 5.30. The molecule has 116 valence electrons. The molecule has 0 bridgehead atoms. The van der Waals surface area contributed by atoms with Crippen LogP contribution in [0.4, 0.5) is 18.9 Å². The fourth-order valence-corrected chi connectivity index (χ4v) is 2.87. The molecule has 0 unspecified atom stereocenters. The highest BCUT2D eigenvalue weighted by Gasteiger charge is 2.38. The summed E-state index contributed by atoms with van der Waals surface area (Å²) in [5.74, 6) is 0. The van der Waals surface area contributed by atoms with E-state index in [9.17, 15) is 13.2 Å². The molecule has 0 aliphatic carbocycles. The third-order valence-corrected chi connectivity index (χ3v) is 3.87. The number of benzene rings is 2. The molecule has 1 aliphatic rings. The van der Waals surface area contributed by atoms with Gasteiger partial charge in [-0.3, -0.25) is 0 Å². The average molecular weight is 306 g/mol. The molecule has 1 heterocycles. The largest absolute Gasteiger partial charge is 0.418 e. The zero-order valence-electron chi connectivity index (χ0n) is 12.0. The Labute approximate surface area is 127 Å². The minimum atomic E-state index is -4.38. The molecule has 22 heavy (non-hydrogen) atoms. The molecule has 2 nitrogen and oxygen atoms in total. The Bertz CT molecular complexity index is 632. The number of halogens is 3. The molecule has 1 saturated heterocycles. The highest BCUT2D eigenvalue weighted by atomic mass is 19.4. The number of hydrogen-bond acceptors (Lipinski definition) is 2. The lowest BCUT2D eigenvalue weighted by atomic mass is 9.97. The van der Waals surface area contributed by atoms with Crippen molar-refractivity contribution >= 4 is 5.69 Å². The second-order valence-corrected chi connectivity index (χ2v) is 5.30. The van der Waals surface area contributed by atoms with E-state index in [1.807, 2.05) is 4.90 Å². The van der Waals surface area contributed by atoms with Crippen molar-refractivity contribution in [2.75, 3.05) is 31.1 Å². The number of piperazine rings is 1. The predicted molar refractivity (Wildman–Crippen MR) is 82.0 cm³/mol. The van der Waals surface area contributed by atoms with E-state index in [4.69, 9.17) is 0 Å². The fourth-order valence-electron chi connectivity index (χ4n) is 2.87. The Balaban J connectivity index is 2.14. The summed E-state index contributed by atoms with van der Waals surface area (Å²) in [6.45, 7) is 2.57. The van der Waals surface area contributed by atoms with Crippen LogP contribution in [0.1, 0.15) is 5.56 Å². The summed E-state index contributed by atoms with van der Waals surface area (Å²) in [5.41, 5.74) is 0.564. The molecule has 0 amide bonds. The number of nitrogens with one attached hydrogen (secondary N) is 1. The highest BCUT2D eigenvalue weighted by Crippen LogP contribution is 2.43. The molecule has 1 N–H and O–H groups in total. The van der Waals surface area contributed by atoms with Crippen molar-refractivity contribution < 1.29 is 13.2 Å². The van der Waals surface area contributed by atoms with Gasteiger partial charge in [0.15, 0.2) is 0 Å². The van der Waals surface area contributed by atoms with Gasteiger partial charge in [0.05, 0.1) is 5.56 Å². The van der Waals surface area contributed by atoms with Crippen molar-refractivity contribution in [1.29, 1.82) is 0 Å². The minimum absolute atomic E-state index is 0.240. The molecule has 0 aromatic heterocycles. The van der Waals surface area contributed by atoms with Gasteiger partial charge in [0.2, 0.25) is 0 Å². The molecule has 3 rings (SSSR count). The number of anilines is 1. The first-order valence-corrected chi connectivity index (χ1v) is 7.28. The van der Waals surface area contributed by atoms with Crippen molar-refractivity contribution in [3.8, 4) is 11.1 Å². The van der Waals surface area contributed by atoms with Gasteiger partial charge in [0.1, 0.15) is 0 Å². The number of rotatable bonds is 2. The first kappa shape index (κ1) is 14.9. The van der Waals surface area contributed by atoms with E-state index in [2.05, 4.69) is 5.32 Å². The lowest BCUT2D eigenvalue weighted by molar-refractivity contribution is -0.136. The van der Waals surface area contributed by atoms with Gasteiger partial charge in [-0.2, -0.15) is 13.2 Å². The normalized spacial score (nSPS) is 15.9. The van der Waals surface area contributed by atoms with Gasteiger partial charge in [-0.05, 0) is 17.2 Å². The number of alkyl halides is 3. The maximum Gasteiger partial charge on any atom is 0.418 e. The van der Waals surface area contributed by atoms with Crippen LogP contribution in [0.25, 0.3) is 11.1 Å². The van der Waals surface area contributed by atoms with E-state index < -0.39 is 11.7 Å². The Morgan fingerprint density at radius 3 is 2.18 bits per heavy atom. The van der Waals surface area contributed by atoms with Crippen molar-refractivity contribution in [3.63, 3.8) is 0 Å². The van der Waals surface area contributed by atoms with Gasteiger partial charge in [0.25, 0.3) is 0 Å². The van der Waals surface area contributed by atoms with Gasteiger partial charge in [-0.25, -0.2) is 0 Å². The van der Waals surface area contributed by atoms with Crippen LogP contribution in [0, 0.1) is 0 Å². The zero-order valence-corrected chi connectivity index (χ0v) is 12.0. The number of hydrogen-bond donors (Lipinski definition) is 1. The van der Waals surface area contributed by atoms with Crippen molar-refractivity contribution in [3.05, 3.63) is 54.1 Å². The van der Waals surface area contributed by atoms with E-state index in [-0.39, 0.29) is 11.3 Å². The maximum absolute atomic E-state index is 13.7. The molecule has 5 heteroatoms. The van der Waals surface area contributed by atoms with Crippen LogP contribution in [0.2, 0.25) is 0 Å². The van der Waals surface area contributed by atoms with Gasteiger partial charge in [0, 0.05) is 31.9 Å². The molecule has 1 aliphatic heterocycles. The zero-order chi connectivity index (χ0) is 15.6. The molecule has 1 fully saturated rings. The monoisotopic (exact) mass is 306 g/mol. The molecule has 0 atom stereocenters. The molecule has 2 aromatic rings. The first-order valence-electron chi connectivity index (χ1n) is 7.28. The smallest absolute Gasteiger partial charge is 0.368 e. The van der Waals surface area contributed by atoms with E-state index in [1.165, 1.54) is 0 Å². The summed E-state index contributed by atoms with van der Waals surface area (Å²) in [6, 6.07) is 13.6. The quantitative estimate of drug-likeness (QED) is 0.908. The summed E-state index contributed by atoms with van der Waals surface area (Å²) < 4.78 is 41.1. The standard InChI is InChI=1S/C17H17F3N2/c18-17(19,20)16-14(13-5-2-1-3-6-13)7-4-8-15(16)22-11-9-21-10-12-22/h1-8,21H,9-12H2. The fraction of sp³-hybridized carbons (Fsp3) is 0.294. The minimum Gasteiger partial charge on any atom is -0.368 e. The van der Waals surface area contributed by atoms with Crippen LogP contribution in [0.3, 0.4) is 0 Å². The van der Waals surface area contributed by atoms with Crippen LogP contribution in [0.5, 0.6) is 0 Å². The highest BCUT2D eigenvalue weighted by molar-refractivity contribution is 5.75. The van der Waals surface area contributed by atoms with Gasteiger partial charge < -0.3 is 10.2 Å². The predicted octanol–water partition coefficient (Wildman–Crippen LogP) is 3.78. The summed E-state index contributed by atoms with van der Waals surface area (Å²) in [5, 5.41) is 3.17. The van der Waals surface area contributed by atoms with E-state index >= 15 is 0 Å². The summed E-state index contributed by atoms with van der Waals surface area (Å²) >= 11 is 0. The average Bonchev–Trinajstić information content (AvgIpc) is 2.55. The van der Waals surface area contributed by atoms with Gasteiger partial charge >= 0.3 is 6.18 Å². The Morgan fingerprint density at radius 2 is 1.55 bits per heavy atom. The van der Waals surface area contributed by atoms with Crippen LogP contribution in [0.15, 0.2) is 48.5 Å². The third kappa shape index (κ3) is 2.95. The second kappa shape index (κ2) is 6.01. The van der Waals surface area contributed by atoms with Crippen LogP contribution < -0.4 is 10.2 Å². The van der Waals surface area contributed by atoms with Gasteiger partial charge in [-0.15, -0.1) is 0 Å². The Morgan fingerprint density at radius 1 is 0.864 bits per heavy atom. The third-order valence-electron chi connectivity index (χ3n) is 3.87. The molecular weight excluding hydrogens is 289 g/mol. The molecule has 0 spiro atoms. The lowest BCUT2D eigenvalue weighted by Crippen LogP contribution is -2.44. The van der Waals surface area contributed by atoms with Crippen molar-refractivity contribution in [2.24, 2.45) is 0 Å². The number of nitrogens with zero attached hydrogens (tertiary/aromatic N) is 1. The maximum atomic E-state index is 13.7. The topological polar surface area (TPSA) is 15.3 Å². The van der Waals surface area contributed by atoms with Crippen LogP contribution in [-0.2, 0) is 6.18 Å². The van der Waals surface area contributed by atoms with Crippen LogP contribution in [-0.4, -0.2) is 26.2 Å². The van der Waals surface area contributed by atoms with Crippen molar-refractivity contribution in [1.82, 2.24) is 5.32 Å². The Kier molecular flexibility index (Phi) is 4.07. The molecule has 0 radical (unpaired) electrons. The van der Waals surface area contributed by atoms with Gasteiger partial charge in [-0.1, -0.05) is 42.5 Å². The van der Waals surface area contributed by atoms with Crippen LogP contribution >= 0.6 is 0 Å². The summed E-state index contributed by atoms with van der Waals surface area (Å²) in [4.78, 5) is 1.81. The first-order chi connectivity index (χ1) is 10.6. The molecular formula is C17H17F3N2. The lowest BCUT2D eigenvalue weighted by Gasteiger charge is -2.32. The SMILES string of the molecule is FC(F)(F)c1c(-c2ccccc2)cccc1N1CCNCC1. The Hall–Kier alpha value is -2.01.